The normalized spacial score (nSPS) is 10.8. The number of rotatable bonds is 7. The first-order valence-electron chi connectivity index (χ1n) is 10.3. The monoisotopic (exact) mass is 497 g/mol. The van der Waals surface area contributed by atoms with Crippen molar-refractivity contribution in [1.29, 1.82) is 0 Å². The third-order valence-corrected chi connectivity index (χ3v) is 6.08. The van der Waals surface area contributed by atoms with Gasteiger partial charge in [-0.15, -0.1) is 11.3 Å². The van der Waals surface area contributed by atoms with E-state index in [1.54, 1.807) is 67.9 Å². The average Bonchev–Trinajstić information content (AvgIpc) is 3.24. The number of carbonyl (C=O) groups is 2. The molecule has 4 aromatic rings. The van der Waals surface area contributed by atoms with Crippen molar-refractivity contribution in [2.24, 2.45) is 0 Å². The van der Waals surface area contributed by atoms with Crippen LogP contribution in [-0.2, 0) is 16.0 Å². The summed E-state index contributed by atoms with van der Waals surface area (Å²) in [4.78, 5) is 38.8. The van der Waals surface area contributed by atoms with E-state index >= 15 is 0 Å². The van der Waals surface area contributed by atoms with Crippen LogP contribution in [0.4, 0.5) is 5.00 Å². The molecular formula is C24H20ClN3O5S. The third kappa shape index (κ3) is 4.80. The quantitative estimate of drug-likeness (QED) is 0.378. The molecular weight excluding hydrogens is 478 g/mol. The Balaban J connectivity index is 1.76. The topological polar surface area (TPSA) is 99.5 Å². The number of fused-ring (bicyclic) bond motifs is 1. The molecule has 34 heavy (non-hydrogen) atoms. The number of nitrogens with one attached hydrogen (secondary N) is 1. The zero-order chi connectivity index (χ0) is 24.2. The van der Waals surface area contributed by atoms with Crippen LogP contribution in [0.15, 0.2) is 58.7 Å². The van der Waals surface area contributed by atoms with Crippen molar-refractivity contribution in [1.82, 2.24) is 9.78 Å². The van der Waals surface area contributed by atoms with Crippen molar-refractivity contribution in [2.75, 3.05) is 19.0 Å². The maximum absolute atomic E-state index is 13.4. The van der Waals surface area contributed by atoms with Gasteiger partial charge in [0.05, 0.1) is 31.2 Å². The second-order valence-corrected chi connectivity index (χ2v) is 8.51. The zero-order valence-electron chi connectivity index (χ0n) is 18.3. The molecule has 2 aromatic carbocycles. The standard InChI is InChI=1S/C24H20ClN3O5S/c1-3-33-24(31)21-18-13-34-22(26-19(29)11-14-7-9-17(32-2)10-8-14)20(18)23(30)28(27-21)16-6-4-5-15(25)12-16/h4-10,12-13H,3,11H2,1-2H3,(H,26,29). The van der Waals surface area contributed by atoms with Gasteiger partial charge in [0.2, 0.25) is 5.91 Å². The van der Waals surface area contributed by atoms with Crippen LogP contribution in [-0.4, -0.2) is 35.4 Å². The summed E-state index contributed by atoms with van der Waals surface area (Å²) >= 11 is 7.23. The van der Waals surface area contributed by atoms with Crippen LogP contribution in [0.2, 0.25) is 5.02 Å². The van der Waals surface area contributed by atoms with E-state index in [-0.39, 0.29) is 30.0 Å². The number of nitrogens with zero attached hydrogens (tertiary/aromatic N) is 2. The minimum atomic E-state index is -0.669. The van der Waals surface area contributed by atoms with Crippen molar-refractivity contribution < 1.29 is 19.1 Å². The molecule has 0 atom stereocenters. The molecule has 0 aliphatic heterocycles. The molecule has 0 aliphatic rings. The van der Waals surface area contributed by atoms with E-state index in [1.165, 1.54) is 0 Å². The number of hydrogen-bond acceptors (Lipinski definition) is 7. The van der Waals surface area contributed by atoms with Gasteiger partial charge in [-0.25, -0.2) is 4.79 Å². The van der Waals surface area contributed by atoms with E-state index in [0.717, 1.165) is 21.6 Å². The van der Waals surface area contributed by atoms with Crippen molar-refractivity contribution >= 4 is 50.6 Å². The van der Waals surface area contributed by atoms with Gasteiger partial charge in [0.15, 0.2) is 5.69 Å². The van der Waals surface area contributed by atoms with Crippen molar-refractivity contribution in [3.8, 4) is 11.4 Å². The number of benzene rings is 2. The van der Waals surface area contributed by atoms with Gasteiger partial charge in [-0.05, 0) is 42.8 Å². The highest BCUT2D eigenvalue weighted by molar-refractivity contribution is 7.16. The van der Waals surface area contributed by atoms with Crippen LogP contribution in [0.1, 0.15) is 23.0 Å². The molecule has 0 saturated heterocycles. The SMILES string of the molecule is CCOC(=O)c1nn(-c2cccc(Cl)c2)c(=O)c2c(NC(=O)Cc3ccc(OC)cc3)scc12. The largest absolute Gasteiger partial charge is 0.497 e. The lowest BCUT2D eigenvalue weighted by molar-refractivity contribution is -0.115. The second-order valence-electron chi connectivity index (χ2n) is 7.19. The number of halogens is 1. The Bertz CT molecular complexity index is 1430. The molecule has 174 valence electrons. The Hall–Kier alpha value is -3.69. The summed E-state index contributed by atoms with van der Waals surface area (Å²) in [6.45, 7) is 1.83. The van der Waals surface area contributed by atoms with Crippen LogP contribution < -0.4 is 15.6 Å². The highest BCUT2D eigenvalue weighted by Crippen LogP contribution is 2.31. The maximum Gasteiger partial charge on any atom is 0.359 e. The predicted molar refractivity (Wildman–Crippen MR) is 132 cm³/mol. The molecule has 0 unspecified atom stereocenters. The molecule has 4 rings (SSSR count). The number of methoxy groups -OCH3 is 1. The summed E-state index contributed by atoms with van der Waals surface area (Å²) in [7, 11) is 1.57. The second kappa shape index (κ2) is 10.1. The fourth-order valence-corrected chi connectivity index (χ4v) is 4.51. The summed E-state index contributed by atoms with van der Waals surface area (Å²) in [5.74, 6) is -0.289. The summed E-state index contributed by atoms with van der Waals surface area (Å²) < 4.78 is 11.4. The molecule has 0 fully saturated rings. The molecule has 0 aliphatic carbocycles. The number of esters is 1. The molecule has 1 amide bonds. The Morgan fingerprint density at radius 1 is 1.18 bits per heavy atom. The van der Waals surface area contributed by atoms with Crippen LogP contribution >= 0.6 is 22.9 Å². The molecule has 0 bridgehead atoms. The first kappa shape index (κ1) is 23.5. The number of amides is 1. The lowest BCUT2D eigenvalue weighted by Gasteiger charge is -2.10. The van der Waals surface area contributed by atoms with Crippen molar-refractivity contribution in [3.63, 3.8) is 0 Å². The Morgan fingerprint density at radius 3 is 2.62 bits per heavy atom. The molecule has 10 heteroatoms. The fourth-order valence-electron chi connectivity index (χ4n) is 3.37. The molecule has 0 spiro atoms. The number of hydrogen-bond donors (Lipinski definition) is 1. The number of carbonyl (C=O) groups excluding carboxylic acids is 2. The van der Waals surface area contributed by atoms with Gasteiger partial charge in [-0.1, -0.05) is 29.8 Å². The van der Waals surface area contributed by atoms with E-state index in [9.17, 15) is 14.4 Å². The van der Waals surface area contributed by atoms with Gasteiger partial charge in [0.1, 0.15) is 10.8 Å². The van der Waals surface area contributed by atoms with E-state index in [2.05, 4.69) is 10.4 Å². The molecule has 1 N–H and O–H groups in total. The number of thiophene rings is 1. The van der Waals surface area contributed by atoms with Gasteiger partial charge in [-0.3, -0.25) is 9.59 Å². The predicted octanol–water partition coefficient (Wildman–Crippen LogP) is 4.47. The van der Waals surface area contributed by atoms with E-state index < -0.39 is 11.5 Å². The van der Waals surface area contributed by atoms with Crippen molar-refractivity contribution in [3.05, 3.63) is 80.5 Å². The van der Waals surface area contributed by atoms with Gasteiger partial charge in [0, 0.05) is 15.8 Å². The van der Waals surface area contributed by atoms with Crippen LogP contribution in [0.5, 0.6) is 5.75 Å². The molecule has 2 aromatic heterocycles. The van der Waals surface area contributed by atoms with Crippen molar-refractivity contribution in [2.45, 2.75) is 13.3 Å². The summed E-state index contributed by atoms with van der Waals surface area (Å²) in [6.07, 6.45) is 0.0989. The Morgan fingerprint density at radius 2 is 1.94 bits per heavy atom. The van der Waals surface area contributed by atoms with E-state index in [4.69, 9.17) is 21.1 Å². The smallest absolute Gasteiger partial charge is 0.359 e. The lowest BCUT2D eigenvalue weighted by atomic mass is 10.1. The first-order chi connectivity index (χ1) is 16.4. The molecule has 8 nitrogen and oxygen atoms in total. The van der Waals surface area contributed by atoms with Gasteiger partial charge in [-0.2, -0.15) is 9.78 Å². The first-order valence-corrected chi connectivity index (χ1v) is 11.6. The van der Waals surface area contributed by atoms with Crippen LogP contribution in [0.25, 0.3) is 16.5 Å². The number of anilines is 1. The van der Waals surface area contributed by atoms with Crippen LogP contribution in [0.3, 0.4) is 0 Å². The van der Waals surface area contributed by atoms with Gasteiger partial charge in [0.25, 0.3) is 5.56 Å². The fraction of sp³-hybridized carbons (Fsp3) is 0.167. The minimum Gasteiger partial charge on any atom is -0.497 e. The highest BCUT2D eigenvalue weighted by Gasteiger charge is 2.23. The van der Waals surface area contributed by atoms with Gasteiger partial charge < -0.3 is 14.8 Å². The molecule has 0 saturated carbocycles. The summed E-state index contributed by atoms with van der Waals surface area (Å²) in [6, 6.07) is 13.7. The van der Waals surface area contributed by atoms with Gasteiger partial charge >= 0.3 is 5.97 Å². The zero-order valence-corrected chi connectivity index (χ0v) is 19.9. The van der Waals surface area contributed by atoms with E-state index in [1.807, 2.05) is 0 Å². The lowest BCUT2D eigenvalue weighted by Crippen LogP contribution is -2.25. The molecule has 0 radical (unpaired) electrons. The average molecular weight is 498 g/mol. The Kier molecular flexibility index (Phi) is 6.95. The molecule has 2 heterocycles. The third-order valence-electron chi connectivity index (χ3n) is 4.95. The minimum absolute atomic E-state index is 0.0247. The maximum atomic E-state index is 13.4. The van der Waals surface area contributed by atoms with E-state index in [0.29, 0.717) is 26.8 Å². The summed E-state index contributed by atoms with van der Waals surface area (Å²) in [5, 5.41) is 9.88. The highest BCUT2D eigenvalue weighted by atomic mass is 35.5. The van der Waals surface area contributed by atoms with Crippen LogP contribution in [0, 0.1) is 0 Å². The summed E-state index contributed by atoms with van der Waals surface area (Å²) in [5.41, 5.74) is 0.644. The number of ether oxygens (including phenoxy) is 2. The Labute approximate surface area is 203 Å². The number of aromatic nitrogens is 2.